The Morgan fingerprint density at radius 1 is 1.18 bits per heavy atom. The number of aromatic nitrogens is 3. The summed E-state index contributed by atoms with van der Waals surface area (Å²) in [5.74, 6) is 0. The van der Waals surface area contributed by atoms with Crippen LogP contribution < -0.4 is 0 Å². The van der Waals surface area contributed by atoms with Crippen molar-refractivity contribution < 1.29 is 0 Å². The maximum absolute atomic E-state index is 4.08. The molecule has 0 N–H and O–H groups in total. The van der Waals surface area contributed by atoms with E-state index in [2.05, 4.69) is 27.8 Å². The Morgan fingerprint density at radius 2 is 2.09 bits per heavy atom. The van der Waals surface area contributed by atoms with Gasteiger partial charge in [-0.15, -0.1) is 17.7 Å². The summed E-state index contributed by atoms with van der Waals surface area (Å²) in [6.45, 7) is 0. The van der Waals surface area contributed by atoms with Crippen molar-refractivity contribution in [1.29, 1.82) is 0 Å². The smallest absolute Gasteiger partial charge is 0.182 e. The van der Waals surface area contributed by atoms with Crippen LogP contribution in [0.3, 0.4) is 0 Å². The van der Waals surface area contributed by atoms with Crippen LogP contribution in [0.2, 0.25) is 0 Å². The highest BCUT2D eigenvalue weighted by molar-refractivity contribution is 7.80. The Kier molecular flexibility index (Phi) is 1.47. The van der Waals surface area contributed by atoms with Gasteiger partial charge >= 0.3 is 0 Å². The molecule has 0 aromatic carbocycles. The van der Waals surface area contributed by atoms with E-state index >= 15 is 0 Å². The fourth-order valence-corrected chi connectivity index (χ4v) is 1.03. The molecule has 0 unspecified atom stereocenters. The second-order valence-corrected chi connectivity index (χ2v) is 2.57. The Bertz CT molecular complexity index is 388. The van der Waals surface area contributed by atoms with Gasteiger partial charge in [-0.1, -0.05) is 0 Å². The lowest BCUT2D eigenvalue weighted by atomic mass is 10.3. The molecule has 3 nitrogen and oxygen atoms in total. The minimum Gasteiger partial charge on any atom is -0.220 e. The molecule has 0 radical (unpaired) electrons. The van der Waals surface area contributed by atoms with Gasteiger partial charge in [-0.25, -0.2) is 4.98 Å². The first-order chi connectivity index (χ1) is 5.36. The quantitative estimate of drug-likeness (QED) is 0.595. The van der Waals surface area contributed by atoms with Crippen molar-refractivity contribution in [2.24, 2.45) is 0 Å². The molecule has 11 heavy (non-hydrogen) atoms. The lowest BCUT2D eigenvalue weighted by Crippen LogP contribution is -1.85. The van der Waals surface area contributed by atoms with Gasteiger partial charge in [-0.05, 0) is 18.2 Å². The molecule has 0 aliphatic carbocycles. The van der Waals surface area contributed by atoms with Gasteiger partial charge in [0.15, 0.2) is 5.65 Å². The van der Waals surface area contributed by atoms with Gasteiger partial charge in [0, 0.05) is 5.39 Å². The molecule has 2 aromatic heterocycles. The molecule has 54 valence electrons. The number of rotatable bonds is 0. The number of hydrogen-bond acceptors (Lipinski definition) is 4. The molecule has 2 rings (SSSR count). The molecule has 0 aliphatic rings. The Labute approximate surface area is 68.9 Å². The third-order valence-electron chi connectivity index (χ3n) is 1.36. The fraction of sp³-hybridized carbons (Fsp3) is 0. The topological polar surface area (TPSA) is 38.7 Å². The monoisotopic (exact) mass is 163 g/mol. The first kappa shape index (κ1) is 6.54. The maximum Gasteiger partial charge on any atom is 0.182 e. The number of thiol groups is 1. The van der Waals surface area contributed by atoms with E-state index in [-0.39, 0.29) is 0 Å². The van der Waals surface area contributed by atoms with Crippen molar-refractivity contribution in [3.8, 4) is 0 Å². The fourth-order valence-electron chi connectivity index (χ4n) is 0.861. The standard InChI is InChI=1S/C7H5N3S/c11-6-2-1-5-3-4-8-10-7(5)9-6/h1-4H,(H,9,10,11). The molecule has 0 spiro atoms. The van der Waals surface area contributed by atoms with Crippen LogP contribution in [0.15, 0.2) is 29.4 Å². The first-order valence-corrected chi connectivity index (χ1v) is 3.58. The van der Waals surface area contributed by atoms with E-state index < -0.39 is 0 Å². The number of nitrogens with zero attached hydrogens (tertiary/aromatic N) is 3. The van der Waals surface area contributed by atoms with Crippen LogP contribution in [-0.2, 0) is 0 Å². The van der Waals surface area contributed by atoms with Crippen molar-refractivity contribution in [2.45, 2.75) is 5.03 Å². The Morgan fingerprint density at radius 3 is 3.00 bits per heavy atom. The van der Waals surface area contributed by atoms with Crippen LogP contribution in [0.25, 0.3) is 11.0 Å². The van der Waals surface area contributed by atoms with E-state index in [1.807, 2.05) is 18.2 Å². The molecule has 0 atom stereocenters. The average Bonchev–Trinajstić information content (AvgIpc) is 2.04. The molecule has 2 aromatic rings. The van der Waals surface area contributed by atoms with E-state index in [0.717, 1.165) is 5.39 Å². The highest BCUT2D eigenvalue weighted by Crippen LogP contribution is 2.09. The van der Waals surface area contributed by atoms with E-state index in [9.17, 15) is 0 Å². The van der Waals surface area contributed by atoms with Crippen molar-refractivity contribution in [1.82, 2.24) is 15.2 Å². The minimum atomic E-state index is 0.639. The van der Waals surface area contributed by atoms with E-state index in [0.29, 0.717) is 10.7 Å². The average molecular weight is 163 g/mol. The van der Waals surface area contributed by atoms with Crippen LogP contribution in [0, 0.1) is 0 Å². The SMILES string of the molecule is Sc1ccc2ccnnc2n1. The minimum absolute atomic E-state index is 0.639. The summed E-state index contributed by atoms with van der Waals surface area (Å²) >= 11 is 4.08. The molecular weight excluding hydrogens is 158 g/mol. The molecule has 0 saturated carbocycles. The van der Waals surface area contributed by atoms with E-state index in [1.165, 1.54) is 0 Å². The van der Waals surface area contributed by atoms with Crippen molar-refractivity contribution in [3.05, 3.63) is 24.4 Å². The largest absolute Gasteiger partial charge is 0.220 e. The molecule has 0 bridgehead atoms. The number of fused-ring (bicyclic) bond motifs is 1. The molecular formula is C7H5N3S. The molecule has 2 heterocycles. The van der Waals surface area contributed by atoms with Gasteiger partial charge in [0.2, 0.25) is 0 Å². The Balaban J connectivity index is 2.83. The summed E-state index contributed by atoms with van der Waals surface area (Å²) in [7, 11) is 0. The Hall–Kier alpha value is -1.16. The molecule has 0 fully saturated rings. The van der Waals surface area contributed by atoms with Gasteiger partial charge in [-0.3, -0.25) is 0 Å². The van der Waals surface area contributed by atoms with Gasteiger partial charge < -0.3 is 0 Å². The van der Waals surface area contributed by atoms with Crippen LogP contribution in [0.4, 0.5) is 0 Å². The number of hydrogen-bond donors (Lipinski definition) is 1. The van der Waals surface area contributed by atoms with Crippen LogP contribution in [0.1, 0.15) is 0 Å². The van der Waals surface area contributed by atoms with Crippen molar-refractivity contribution >= 4 is 23.7 Å². The third kappa shape index (κ3) is 1.17. The molecule has 0 aliphatic heterocycles. The van der Waals surface area contributed by atoms with Gasteiger partial charge in [0.25, 0.3) is 0 Å². The van der Waals surface area contributed by atoms with Crippen LogP contribution in [-0.4, -0.2) is 15.2 Å². The molecule has 0 saturated heterocycles. The molecule has 0 amide bonds. The third-order valence-corrected chi connectivity index (χ3v) is 1.61. The van der Waals surface area contributed by atoms with Crippen LogP contribution in [0.5, 0.6) is 0 Å². The van der Waals surface area contributed by atoms with Gasteiger partial charge in [0.1, 0.15) is 0 Å². The highest BCUT2D eigenvalue weighted by Gasteiger charge is 1.94. The van der Waals surface area contributed by atoms with E-state index in [1.54, 1.807) is 6.20 Å². The normalized spacial score (nSPS) is 10.3. The highest BCUT2D eigenvalue weighted by atomic mass is 32.1. The van der Waals surface area contributed by atoms with Crippen molar-refractivity contribution in [3.63, 3.8) is 0 Å². The zero-order valence-corrected chi connectivity index (χ0v) is 6.49. The second kappa shape index (κ2) is 2.47. The molecule has 4 heteroatoms. The zero-order chi connectivity index (χ0) is 7.68. The van der Waals surface area contributed by atoms with E-state index in [4.69, 9.17) is 0 Å². The summed E-state index contributed by atoms with van der Waals surface area (Å²) in [6, 6.07) is 5.61. The zero-order valence-electron chi connectivity index (χ0n) is 5.60. The summed E-state index contributed by atoms with van der Waals surface area (Å²) in [5.41, 5.74) is 0.639. The van der Waals surface area contributed by atoms with Gasteiger partial charge in [0.05, 0.1) is 11.2 Å². The summed E-state index contributed by atoms with van der Waals surface area (Å²) in [4.78, 5) is 4.07. The summed E-state index contributed by atoms with van der Waals surface area (Å²) in [5, 5.41) is 9.19. The lowest BCUT2D eigenvalue weighted by molar-refractivity contribution is 1.03. The number of pyridine rings is 1. The predicted octanol–water partition coefficient (Wildman–Crippen LogP) is 1.31. The maximum atomic E-state index is 4.08. The van der Waals surface area contributed by atoms with Crippen LogP contribution >= 0.6 is 12.6 Å². The first-order valence-electron chi connectivity index (χ1n) is 3.14. The second-order valence-electron chi connectivity index (χ2n) is 2.11. The summed E-state index contributed by atoms with van der Waals surface area (Å²) in [6.07, 6.45) is 1.64. The van der Waals surface area contributed by atoms with Gasteiger partial charge in [-0.2, -0.15) is 5.10 Å². The summed E-state index contributed by atoms with van der Waals surface area (Å²) < 4.78 is 0. The van der Waals surface area contributed by atoms with Crippen molar-refractivity contribution in [2.75, 3.05) is 0 Å². The predicted molar refractivity (Wildman–Crippen MR) is 44.6 cm³/mol. The lowest BCUT2D eigenvalue weighted by Gasteiger charge is -1.93.